The zero-order valence-corrected chi connectivity index (χ0v) is 18.7. The molecule has 0 aliphatic carbocycles. The molecule has 0 aliphatic heterocycles. The highest BCUT2D eigenvalue weighted by atomic mass is 35.5. The summed E-state index contributed by atoms with van der Waals surface area (Å²) < 4.78 is 57.2. The number of hydrogen-bond acceptors (Lipinski definition) is 4. The number of hydrogen-bond donors (Lipinski definition) is 2. The van der Waals surface area contributed by atoms with Crippen LogP contribution < -0.4 is 15.5 Å². The number of carbonyl (C=O) groups is 2. The van der Waals surface area contributed by atoms with Crippen LogP contribution in [-0.4, -0.2) is 24.6 Å². The number of nitrogens with zero attached hydrogens (tertiary/aromatic N) is 1. The minimum absolute atomic E-state index is 0.0221. The van der Waals surface area contributed by atoms with Gasteiger partial charge in [0.1, 0.15) is 11.6 Å². The van der Waals surface area contributed by atoms with Crippen molar-refractivity contribution in [2.75, 3.05) is 11.9 Å². The Balaban J connectivity index is 1.50. The Kier molecular flexibility index (Phi) is 8.43. The highest BCUT2D eigenvalue weighted by Crippen LogP contribution is 2.29. The smallest absolute Gasteiger partial charge is 0.416 e. The molecule has 3 aromatic carbocycles. The van der Waals surface area contributed by atoms with Gasteiger partial charge in [-0.05, 0) is 47.5 Å². The average Bonchev–Trinajstić information content (AvgIpc) is 2.79. The van der Waals surface area contributed by atoms with Gasteiger partial charge in [0.2, 0.25) is 5.91 Å². The lowest BCUT2D eigenvalue weighted by atomic mass is 10.1. The predicted octanol–water partition coefficient (Wildman–Crippen LogP) is 5.21. The number of para-hydroxylation sites is 1. The van der Waals surface area contributed by atoms with Crippen LogP contribution in [0.1, 0.15) is 16.7 Å². The standard InChI is InChI=1S/C24H18ClF4N3O3/c25-18-11-16(8-9-21(18)35-14-23(34)31-20-7-2-1-6-19(20)26)13-30-32-22(33)12-15-4-3-5-17(10-15)24(27,28)29/h1-11,13H,12,14H2,(H,31,34)(H,32,33)/b30-13+. The fourth-order valence-corrected chi connectivity index (χ4v) is 3.11. The highest BCUT2D eigenvalue weighted by Gasteiger charge is 2.30. The van der Waals surface area contributed by atoms with Crippen molar-refractivity contribution in [3.63, 3.8) is 0 Å². The lowest BCUT2D eigenvalue weighted by Gasteiger charge is -2.10. The van der Waals surface area contributed by atoms with E-state index in [0.717, 1.165) is 12.1 Å². The number of halogens is 5. The molecule has 0 aromatic heterocycles. The molecular formula is C24H18ClF4N3O3. The molecule has 0 fully saturated rings. The molecule has 0 saturated heterocycles. The first-order valence-corrected chi connectivity index (χ1v) is 10.4. The molecule has 0 heterocycles. The van der Waals surface area contributed by atoms with E-state index in [1.165, 1.54) is 48.7 Å². The molecule has 6 nitrogen and oxygen atoms in total. The molecule has 3 rings (SSSR count). The van der Waals surface area contributed by atoms with Gasteiger partial charge in [-0.15, -0.1) is 0 Å². The second kappa shape index (κ2) is 11.5. The molecule has 2 amide bonds. The minimum atomic E-state index is -4.50. The summed E-state index contributed by atoms with van der Waals surface area (Å²) in [4.78, 5) is 23.9. The fourth-order valence-electron chi connectivity index (χ4n) is 2.87. The molecule has 0 atom stereocenters. The van der Waals surface area contributed by atoms with E-state index >= 15 is 0 Å². The quantitative estimate of drug-likeness (QED) is 0.250. The average molecular weight is 508 g/mol. The van der Waals surface area contributed by atoms with Crippen LogP contribution in [-0.2, 0) is 22.2 Å². The Morgan fingerprint density at radius 3 is 2.49 bits per heavy atom. The summed E-state index contributed by atoms with van der Waals surface area (Å²) in [5.41, 5.74) is 2.09. The van der Waals surface area contributed by atoms with Gasteiger partial charge in [-0.1, -0.05) is 41.9 Å². The molecule has 2 N–H and O–H groups in total. The number of hydrazone groups is 1. The highest BCUT2D eigenvalue weighted by molar-refractivity contribution is 6.32. The van der Waals surface area contributed by atoms with E-state index in [9.17, 15) is 27.2 Å². The van der Waals surface area contributed by atoms with Gasteiger partial charge in [-0.3, -0.25) is 9.59 Å². The van der Waals surface area contributed by atoms with Crippen molar-refractivity contribution in [2.24, 2.45) is 5.10 Å². The first kappa shape index (κ1) is 25.7. The van der Waals surface area contributed by atoms with Gasteiger partial charge in [-0.25, -0.2) is 9.82 Å². The number of carbonyl (C=O) groups excluding carboxylic acids is 2. The van der Waals surface area contributed by atoms with E-state index in [4.69, 9.17) is 16.3 Å². The maximum atomic E-state index is 13.6. The molecule has 3 aromatic rings. The van der Waals surface area contributed by atoms with Crippen molar-refractivity contribution in [2.45, 2.75) is 12.6 Å². The van der Waals surface area contributed by atoms with Crippen molar-refractivity contribution >= 4 is 35.3 Å². The number of amides is 2. The van der Waals surface area contributed by atoms with Crippen LogP contribution in [0.2, 0.25) is 5.02 Å². The van der Waals surface area contributed by atoms with Crippen LogP contribution in [0.5, 0.6) is 5.75 Å². The number of alkyl halides is 3. The van der Waals surface area contributed by atoms with Crippen LogP contribution >= 0.6 is 11.6 Å². The van der Waals surface area contributed by atoms with Crippen molar-refractivity contribution in [3.05, 3.63) is 94.3 Å². The monoisotopic (exact) mass is 507 g/mol. The number of rotatable bonds is 8. The molecule has 0 bridgehead atoms. The van der Waals surface area contributed by atoms with E-state index < -0.39 is 36.0 Å². The second-order valence-electron chi connectivity index (χ2n) is 7.17. The van der Waals surface area contributed by atoms with Crippen LogP contribution in [0.3, 0.4) is 0 Å². The van der Waals surface area contributed by atoms with Gasteiger partial charge in [0.25, 0.3) is 5.91 Å². The lowest BCUT2D eigenvalue weighted by Crippen LogP contribution is -2.21. The van der Waals surface area contributed by atoms with Crippen molar-refractivity contribution < 1.29 is 31.9 Å². The summed E-state index contributed by atoms with van der Waals surface area (Å²) in [7, 11) is 0. The fraction of sp³-hybridized carbons (Fsp3) is 0.125. The maximum absolute atomic E-state index is 13.6. The largest absolute Gasteiger partial charge is 0.482 e. The summed E-state index contributed by atoms with van der Waals surface area (Å²) in [6.07, 6.45) is -3.50. The van der Waals surface area contributed by atoms with Crippen LogP contribution in [0.4, 0.5) is 23.2 Å². The van der Waals surface area contributed by atoms with Crippen molar-refractivity contribution in [1.29, 1.82) is 0 Å². The molecular weight excluding hydrogens is 490 g/mol. The third-order valence-corrected chi connectivity index (χ3v) is 4.78. The van der Waals surface area contributed by atoms with Gasteiger partial charge >= 0.3 is 6.18 Å². The van der Waals surface area contributed by atoms with Crippen LogP contribution in [0.25, 0.3) is 0 Å². The van der Waals surface area contributed by atoms with E-state index in [2.05, 4.69) is 15.8 Å². The number of benzene rings is 3. The maximum Gasteiger partial charge on any atom is 0.416 e. The summed E-state index contributed by atoms with van der Waals surface area (Å²) in [5, 5.41) is 6.30. The van der Waals surface area contributed by atoms with Crippen LogP contribution in [0.15, 0.2) is 71.8 Å². The van der Waals surface area contributed by atoms with E-state index in [1.807, 2.05) is 0 Å². The Labute approximate surface area is 202 Å². The number of anilines is 1. The zero-order valence-electron chi connectivity index (χ0n) is 17.9. The topological polar surface area (TPSA) is 79.8 Å². The van der Waals surface area contributed by atoms with Crippen LogP contribution in [0, 0.1) is 5.82 Å². The molecule has 182 valence electrons. The predicted molar refractivity (Wildman–Crippen MR) is 123 cm³/mol. The third kappa shape index (κ3) is 7.82. The lowest BCUT2D eigenvalue weighted by molar-refractivity contribution is -0.137. The van der Waals surface area contributed by atoms with E-state index in [-0.39, 0.29) is 28.4 Å². The van der Waals surface area contributed by atoms with Crippen molar-refractivity contribution in [1.82, 2.24) is 5.43 Å². The Bertz CT molecular complexity index is 1250. The Morgan fingerprint density at radius 2 is 1.77 bits per heavy atom. The molecule has 0 radical (unpaired) electrons. The minimum Gasteiger partial charge on any atom is -0.482 e. The number of nitrogens with one attached hydrogen (secondary N) is 2. The molecule has 11 heteroatoms. The SMILES string of the molecule is O=C(Cc1cccc(C(F)(F)F)c1)N/N=C/c1ccc(OCC(=O)Nc2ccccc2F)c(Cl)c1. The Hall–Kier alpha value is -3.92. The molecule has 35 heavy (non-hydrogen) atoms. The third-order valence-electron chi connectivity index (χ3n) is 4.48. The van der Waals surface area contributed by atoms with E-state index in [1.54, 1.807) is 12.1 Å². The second-order valence-corrected chi connectivity index (χ2v) is 7.58. The van der Waals surface area contributed by atoms with Gasteiger partial charge in [0.15, 0.2) is 6.61 Å². The first-order valence-electron chi connectivity index (χ1n) is 10.1. The summed E-state index contributed by atoms with van der Waals surface area (Å²) in [6, 6.07) is 14.6. The normalized spacial score (nSPS) is 11.3. The van der Waals surface area contributed by atoms with Gasteiger partial charge in [0, 0.05) is 0 Å². The first-order chi connectivity index (χ1) is 16.6. The van der Waals surface area contributed by atoms with Crippen molar-refractivity contribution in [3.8, 4) is 5.75 Å². The van der Waals surface area contributed by atoms with Gasteiger partial charge in [-0.2, -0.15) is 18.3 Å². The number of ether oxygens (including phenoxy) is 1. The molecule has 0 aliphatic rings. The van der Waals surface area contributed by atoms with Gasteiger partial charge in [0.05, 0.1) is 28.9 Å². The molecule has 0 saturated carbocycles. The zero-order chi connectivity index (χ0) is 25.4. The Morgan fingerprint density at radius 1 is 1.00 bits per heavy atom. The van der Waals surface area contributed by atoms with Gasteiger partial charge < -0.3 is 10.1 Å². The molecule has 0 spiro atoms. The summed E-state index contributed by atoms with van der Waals surface area (Å²) >= 11 is 6.14. The van der Waals surface area contributed by atoms with E-state index in [0.29, 0.717) is 5.56 Å². The summed E-state index contributed by atoms with van der Waals surface area (Å²) in [6.45, 7) is -0.410. The summed E-state index contributed by atoms with van der Waals surface area (Å²) in [5.74, 6) is -1.57. The molecule has 0 unspecified atom stereocenters.